The zero-order chi connectivity index (χ0) is 16.4. The Morgan fingerprint density at radius 1 is 1.35 bits per heavy atom. The predicted octanol–water partition coefficient (Wildman–Crippen LogP) is 2.60. The first-order chi connectivity index (χ1) is 11.0. The molecule has 0 fully saturated rings. The third-order valence-electron chi connectivity index (χ3n) is 3.09. The standard InChI is InChI=1S/C15H12ClFN4O2/c1-9-2-4-12(11(17)6-9)18-15(22)8-23-21-14-7-10(16)3-5-13(14)19-20-21/h2-7H,8H2,1H3,(H,18,22). The second-order valence-corrected chi connectivity index (χ2v) is 5.34. The Hall–Kier alpha value is -2.67. The third-order valence-corrected chi connectivity index (χ3v) is 3.33. The molecule has 8 heteroatoms. The normalized spacial score (nSPS) is 10.7. The lowest BCUT2D eigenvalue weighted by atomic mass is 10.2. The van der Waals surface area contributed by atoms with Gasteiger partial charge < -0.3 is 10.2 Å². The van der Waals surface area contributed by atoms with E-state index in [1.165, 1.54) is 12.1 Å². The van der Waals surface area contributed by atoms with Crippen molar-refractivity contribution in [1.82, 2.24) is 15.2 Å². The summed E-state index contributed by atoms with van der Waals surface area (Å²) in [5.41, 5.74) is 1.98. The molecule has 0 radical (unpaired) electrons. The lowest BCUT2D eigenvalue weighted by Gasteiger charge is -2.08. The molecule has 118 valence electrons. The predicted molar refractivity (Wildman–Crippen MR) is 83.8 cm³/mol. The van der Waals surface area contributed by atoms with Gasteiger partial charge in [0.25, 0.3) is 5.91 Å². The molecule has 1 amide bonds. The highest BCUT2D eigenvalue weighted by molar-refractivity contribution is 6.31. The molecule has 0 aliphatic heterocycles. The number of aromatic nitrogens is 3. The Kier molecular flexibility index (Phi) is 4.12. The first kappa shape index (κ1) is 15.2. The second kappa shape index (κ2) is 6.21. The minimum Gasteiger partial charge on any atom is -0.385 e. The highest BCUT2D eigenvalue weighted by Crippen LogP contribution is 2.17. The fraction of sp³-hybridized carbons (Fsp3) is 0.133. The van der Waals surface area contributed by atoms with Gasteiger partial charge in [-0.15, -0.1) is 5.10 Å². The average Bonchev–Trinajstić information content (AvgIpc) is 2.90. The van der Waals surface area contributed by atoms with Gasteiger partial charge in [-0.1, -0.05) is 22.5 Å². The van der Waals surface area contributed by atoms with E-state index in [4.69, 9.17) is 16.4 Å². The van der Waals surface area contributed by atoms with Crippen LogP contribution >= 0.6 is 11.6 Å². The molecule has 0 saturated heterocycles. The Bertz CT molecular complexity index is 881. The van der Waals surface area contributed by atoms with E-state index in [1.807, 2.05) is 0 Å². The van der Waals surface area contributed by atoms with Gasteiger partial charge in [0.05, 0.1) is 5.69 Å². The van der Waals surface area contributed by atoms with Crippen LogP contribution in [0.2, 0.25) is 5.02 Å². The number of anilines is 1. The van der Waals surface area contributed by atoms with E-state index in [9.17, 15) is 9.18 Å². The van der Waals surface area contributed by atoms with Gasteiger partial charge in [-0.05, 0) is 48.0 Å². The van der Waals surface area contributed by atoms with E-state index in [0.29, 0.717) is 16.1 Å². The molecule has 0 aliphatic carbocycles. The number of hydrogen-bond acceptors (Lipinski definition) is 4. The molecule has 0 aliphatic rings. The number of carbonyl (C=O) groups is 1. The molecule has 1 heterocycles. The molecule has 23 heavy (non-hydrogen) atoms. The molecule has 0 bridgehead atoms. The fourth-order valence-corrected chi connectivity index (χ4v) is 2.16. The zero-order valence-corrected chi connectivity index (χ0v) is 12.8. The quantitative estimate of drug-likeness (QED) is 0.796. The van der Waals surface area contributed by atoms with Crippen LogP contribution in [0.1, 0.15) is 5.56 Å². The number of rotatable bonds is 4. The highest BCUT2D eigenvalue weighted by Gasteiger charge is 2.10. The maximum absolute atomic E-state index is 13.7. The maximum atomic E-state index is 13.7. The molecule has 0 spiro atoms. The van der Waals surface area contributed by atoms with Crippen LogP contribution in [0.15, 0.2) is 36.4 Å². The summed E-state index contributed by atoms with van der Waals surface area (Å²) in [5.74, 6) is -1.02. The van der Waals surface area contributed by atoms with E-state index in [-0.39, 0.29) is 12.3 Å². The van der Waals surface area contributed by atoms with Crippen molar-refractivity contribution in [3.05, 3.63) is 52.8 Å². The van der Waals surface area contributed by atoms with Crippen molar-refractivity contribution in [3.8, 4) is 0 Å². The van der Waals surface area contributed by atoms with Gasteiger partial charge in [0.1, 0.15) is 16.9 Å². The summed E-state index contributed by atoms with van der Waals surface area (Å²) in [4.78, 5) is 18.2. The molecule has 2 aromatic carbocycles. The first-order valence-electron chi connectivity index (χ1n) is 6.73. The first-order valence-corrected chi connectivity index (χ1v) is 7.11. The number of benzene rings is 2. The van der Waals surface area contributed by atoms with Crippen molar-refractivity contribution >= 4 is 34.2 Å². The summed E-state index contributed by atoms with van der Waals surface area (Å²) in [5, 5.41) is 10.6. The molecule has 6 nitrogen and oxygen atoms in total. The van der Waals surface area contributed by atoms with E-state index >= 15 is 0 Å². The summed E-state index contributed by atoms with van der Waals surface area (Å²) < 4.78 is 13.7. The molecule has 1 aromatic heterocycles. The van der Waals surface area contributed by atoms with Gasteiger partial charge in [0.15, 0.2) is 6.61 Å². The van der Waals surface area contributed by atoms with Crippen molar-refractivity contribution in [2.45, 2.75) is 6.92 Å². The molecule has 3 aromatic rings. The topological polar surface area (TPSA) is 69.0 Å². The van der Waals surface area contributed by atoms with Crippen LogP contribution in [0.4, 0.5) is 10.1 Å². The van der Waals surface area contributed by atoms with Gasteiger partial charge in [0.2, 0.25) is 0 Å². The minimum absolute atomic E-state index is 0.0932. The highest BCUT2D eigenvalue weighted by atomic mass is 35.5. The maximum Gasteiger partial charge on any atom is 0.265 e. The van der Waals surface area contributed by atoms with Crippen LogP contribution in [0.3, 0.4) is 0 Å². The molecular weight excluding hydrogens is 323 g/mol. The van der Waals surface area contributed by atoms with Gasteiger partial charge >= 0.3 is 0 Å². The van der Waals surface area contributed by atoms with Crippen molar-refractivity contribution in [3.63, 3.8) is 0 Å². The summed E-state index contributed by atoms with van der Waals surface area (Å²) in [6, 6.07) is 9.51. The Morgan fingerprint density at radius 3 is 2.96 bits per heavy atom. The fourth-order valence-electron chi connectivity index (χ4n) is 1.99. The van der Waals surface area contributed by atoms with E-state index in [1.54, 1.807) is 31.2 Å². The number of nitrogens with zero attached hydrogens (tertiary/aromatic N) is 3. The summed E-state index contributed by atoms with van der Waals surface area (Å²) >= 11 is 5.90. The molecule has 0 saturated carbocycles. The number of nitrogens with one attached hydrogen (secondary N) is 1. The van der Waals surface area contributed by atoms with Crippen molar-refractivity contribution in [2.75, 3.05) is 11.9 Å². The molecule has 3 rings (SSSR count). The largest absolute Gasteiger partial charge is 0.385 e. The lowest BCUT2D eigenvalue weighted by Crippen LogP contribution is -2.26. The van der Waals surface area contributed by atoms with Crippen molar-refractivity contribution in [1.29, 1.82) is 0 Å². The van der Waals surface area contributed by atoms with Crippen LogP contribution < -0.4 is 10.2 Å². The van der Waals surface area contributed by atoms with Crippen LogP contribution in [0, 0.1) is 12.7 Å². The Balaban J connectivity index is 1.67. The van der Waals surface area contributed by atoms with Crippen LogP contribution in [0.25, 0.3) is 11.0 Å². The number of halogens is 2. The molecule has 1 N–H and O–H groups in total. The van der Waals surface area contributed by atoms with Crippen LogP contribution in [0.5, 0.6) is 0 Å². The van der Waals surface area contributed by atoms with Gasteiger partial charge in [0, 0.05) is 5.02 Å². The number of amides is 1. The summed E-state index contributed by atoms with van der Waals surface area (Å²) in [6.45, 7) is 1.41. The molecular formula is C15H12ClFN4O2. The van der Waals surface area contributed by atoms with Crippen LogP contribution in [-0.2, 0) is 4.79 Å². The Labute approximate surface area is 135 Å². The second-order valence-electron chi connectivity index (χ2n) is 4.90. The third kappa shape index (κ3) is 3.40. The molecule has 0 unspecified atom stereocenters. The SMILES string of the molecule is Cc1ccc(NC(=O)COn2nnc3ccc(Cl)cc32)c(F)c1. The average molecular weight is 335 g/mol. The zero-order valence-electron chi connectivity index (χ0n) is 12.1. The van der Waals surface area contributed by atoms with E-state index in [0.717, 1.165) is 10.4 Å². The van der Waals surface area contributed by atoms with Gasteiger partial charge in [-0.3, -0.25) is 4.79 Å². The van der Waals surface area contributed by atoms with E-state index < -0.39 is 11.7 Å². The number of fused-ring (bicyclic) bond motifs is 1. The van der Waals surface area contributed by atoms with E-state index in [2.05, 4.69) is 15.6 Å². The van der Waals surface area contributed by atoms with Crippen molar-refractivity contribution in [2.24, 2.45) is 0 Å². The number of carbonyl (C=O) groups excluding carboxylic acids is 1. The molecule has 0 atom stereocenters. The number of hydrogen-bond donors (Lipinski definition) is 1. The monoisotopic (exact) mass is 334 g/mol. The van der Waals surface area contributed by atoms with Gasteiger partial charge in [-0.2, -0.15) is 0 Å². The number of aryl methyl sites for hydroxylation is 1. The smallest absolute Gasteiger partial charge is 0.265 e. The van der Waals surface area contributed by atoms with Crippen LogP contribution in [-0.4, -0.2) is 27.7 Å². The van der Waals surface area contributed by atoms with Gasteiger partial charge in [-0.25, -0.2) is 4.39 Å². The van der Waals surface area contributed by atoms with Crippen molar-refractivity contribution < 1.29 is 14.0 Å². The lowest BCUT2D eigenvalue weighted by molar-refractivity contribution is -0.121. The Morgan fingerprint density at radius 2 is 2.17 bits per heavy atom. The summed E-state index contributed by atoms with van der Waals surface area (Å²) in [7, 11) is 0. The summed E-state index contributed by atoms with van der Waals surface area (Å²) in [6.07, 6.45) is 0. The minimum atomic E-state index is -0.515.